The van der Waals surface area contributed by atoms with Crippen LogP contribution < -0.4 is 4.90 Å². The Balaban J connectivity index is 1.20. The highest BCUT2D eigenvalue weighted by Crippen LogP contribution is 2.23. The molecule has 0 saturated carbocycles. The van der Waals surface area contributed by atoms with Gasteiger partial charge in [0.25, 0.3) is 5.91 Å². The van der Waals surface area contributed by atoms with Crippen molar-refractivity contribution in [2.75, 3.05) is 57.4 Å². The van der Waals surface area contributed by atoms with Gasteiger partial charge in [0, 0.05) is 50.4 Å². The summed E-state index contributed by atoms with van der Waals surface area (Å²) in [4.78, 5) is 17.1. The second-order valence-corrected chi connectivity index (χ2v) is 10.8. The fourth-order valence-corrected chi connectivity index (χ4v) is 5.93. The lowest BCUT2D eigenvalue weighted by Crippen LogP contribution is -2.49. The number of benzene rings is 2. The van der Waals surface area contributed by atoms with E-state index in [0.717, 1.165) is 22.6 Å². The quantitative estimate of drug-likeness (QED) is 0.523. The highest BCUT2D eigenvalue weighted by atomic mass is 32.2. The van der Waals surface area contributed by atoms with Gasteiger partial charge in [-0.3, -0.25) is 4.79 Å². The molecule has 36 heavy (non-hydrogen) atoms. The van der Waals surface area contributed by atoms with Crippen LogP contribution in [0.15, 0.2) is 65.6 Å². The van der Waals surface area contributed by atoms with E-state index in [1.165, 1.54) is 16.4 Å². The van der Waals surface area contributed by atoms with Gasteiger partial charge in [-0.25, -0.2) is 8.42 Å². The van der Waals surface area contributed by atoms with Crippen molar-refractivity contribution in [2.24, 2.45) is 0 Å². The van der Waals surface area contributed by atoms with E-state index < -0.39 is 10.0 Å². The third kappa shape index (κ3) is 4.97. The van der Waals surface area contributed by atoms with Gasteiger partial charge in [0.15, 0.2) is 5.82 Å². The van der Waals surface area contributed by atoms with E-state index in [9.17, 15) is 13.2 Å². The monoisotopic (exact) mass is 507 g/mol. The fourth-order valence-electron chi connectivity index (χ4n) is 4.52. The summed E-state index contributed by atoms with van der Waals surface area (Å²) in [7, 11) is -3.58. The fraction of sp³-hybridized carbons (Fsp3) is 0.346. The van der Waals surface area contributed by atoms with Crippen molar-refractivity contribution in [1.82, 2.24) is 19.4 Å². The number of hydrogen-bond donors (Lipinski definition) is 0. The Morgan fingerprint density at radius 3 is 2.17 bits per heavy atom. The molecule has 188 valence electrons. The molecule has 0 aliphatic carbocycles. The second-order valence-electron chi connectivity index (χ2n) is 8.91. The minimum Gasteiger partial charge on any atom is -0.379 e. The number of aryl methyl sites for hydroxylation is 1. The van der Waals surface area contributed by atoms with Gasteiger partial charge in [-0.15, -0.1) is 10.2 Å². The molecule has 5 rings (SSSR count). The summed E-state index contributed by atoms with van der Waals surface area (Å²) in [5, 5.41) is 8.84. The summed E-state index contributed by atoms with van der Waals surface area (Å²) in [5.41, 5.74) is 3.53. The minimum atomic E-state index is -3.58. The third-order valence-corrected chi connectivity index (χ3v) is 8.58. The Morgan fingerprint density at radius 1 is 0.833 bits per heavy atom. The van der Waals surface area contributed by atoms with Crippen LogP contribution in [-0.4, -0.2) is 86.2 Å². The van der Waals surface area contributed by atoms with Crippen molar-refractivity contribution in [1.29, 1.82) is 0 Å². The number of hydrogen-bond acceptors (Lipinski definition) is 7. The number of rotatable bonds is 5. The van der Waals surface area contributed by atoms with Crippen LogP contribution in [0.5, 0.6) is 0 Å². The lowest BCUT2D eigenvalue weighted by molar-refractivity contribution is 0.0730. The highest BCUT2D eigenvalue weighted by Gasteiger charge is 2.27. The smallest absolute Gasteiger partial charge is 0.253 e. The van der Waals surface area contributed by atoms with E-state index in [-0.39, 0.29) is 10.8 Å². The number of ether oxygens (including phenoxy) is 1. The van der Waals surface area contributed by atoms with Crippen molar-refractivity contribution in [3.8, 4) is 11.3 Å². The number of aromatic nitrogens is 2. The molecule has 2 saturated heterocycles. The SMILES string of the molecule is Cc1ccccc1-c1ccc(N2CCN(C(=O)c3ccc(S(=O)(=O)N4CCOCC4)cc3)CC2)nn1. The summed E-state index contributed by atoms with van der Waals surface area (Å²) >= 11 is 0. The number of carbonyl (C=O) groups is 1. The van der Waals surface area contributed by atoms with Gasteiger partial charge in [0.1, 0.15) is 0 Å². The molecule has 9 nitrogen and oxygen atoms in total. The molecule has 10 heteroatoms. The average Bonchev–Trinajstić information content (AvgIpc) is 2.94. The lowest BCUT2D eigenvalue weighted by atomic mass is 10.1. The molecule has 2 fully saturated rings. The molecule has 2 aliphatic rings. The first-order chi connectivity index (χ1) is 17.4. The van der Waals surface area contributed by atoms with Gasteiger partial charge in [-0.2, -0.15) is 4.31 Å². The lowest BCUT2D eigenvalue weighted by Gasteiger charge is -2.35. The van der Waals surface area contributed by atoms with Crippen molar-refractivity contribution in [3.63, 3.8) is 0 Å². The maximum Gasteiger partial charge on any atom is 0.253 e. The first-order valence-electron chi connectivity index (χ1n) is 12.1. The van der Waals surface area contributed by atoms with E-state index in [2.05, 4.69) is 28.1 Å². The highest BCUT2D eigenvalue weighted by molar-refractivity contribution is 7.89. The molecule has 1 amide bonds. The van der Waals surface area contributed by atoms with Crippen molar-refractivity contribution < 1.29 is 17.9 Å². The third-order valence-electron chi connectivity index (χ3n) is 6.67. The number of anilines is 1. The molecule has 0 radical (unpaired) electrons. The predicted octanol–water partition coefficient (Wildman–Crippen LogP) is 2.44. The van der Waals surface area contributed by atoms with Gasteiger partial charge >= 0.3 is 0 Å². The number of piperazine rings is 1. The zero-order chi connectivity index (χ0) is 25.1. The molecule has 0 bridgehead atoms. The molecule has 0 N–H and O–H groups in total. The summed E-state index contributed by atoms with van der Waals surface area (Å²) in [6, 6.07) is 18.3. The first kappa shape index (κ1) is 24.4. The molecular formula is C26H29N5O4S. The van der Waals surface area contributed by atoms with Crippen LogP contribution >= 0.6 is 0 Å². The van der Waals surface area contributed by atoms with Crippen LogP contribution in [0.3, 0.4) is 0 Å². The van der Waals surface area contributed by atoms with Crippen molar-refractivity contribution in [2.45, 2.75) is 11.8 Å². The number of morpholine rings is 1. The van der Waals surface area contributed by atoms with E-state index >= 15 is 0 Å². The molecular weight excluding hydrogens is 478 g/mol. The summed E-state index contributed by atoms with van der Waals surface area (Å²) in [5.74, 6) is 0.683. The topological polar surface area (TPSA) is 95.9 Å². The Hall–Kier alpha value is -3.34. The average molecular weight is 508 g/mol. The Bertz CT molecular complexity index is 1320. The van der Waals surface area contributed by atoms with Crippen LogP contribution in [0.1, 0.15) is 15.9 Å². The first-order valence-corrected chi connectivity index (χ1v) is 13.5. The molecule has 2 aromatic carbocycles. The zero-order valence-corrected chi connectivity index (χ0v) is 21.0. The maximum atomic E-state index is 13.0. The number of nitrogens with zero attached hydrogens (tertiary/aromatic N) is 5. The maximum absolute atomic E-state index is 13.0. The summed E-state index contributed by atoms with van der Waals surface area (Å²) < 4.78 is 32.3. The zero-order valence-electron chi connectivity index (χ0n) is 20.2. The molecule has 0 spiro atoms. The van der Waals surface area contributed by atoms with Gasteiger partial charge < -0.3 is 14.5 Å². The number of amides is 1. The predicted molar refractivity (Wildman–Crippen MR) is 136 cm³/mol. The van der Waals surface area contributed by atoms with E-state index in [1.54, 1.807) is 17.0 Å². The summed E-state index contributed by atoms with van der Waals surface area (Å²) in [6.07, 6.45) is 0. The molecule has 3 heterocycles. The van der Waals surface area contributed by atoms with Crippen LogP contribution in [0.25, 0.3) is 11.3 Å². The Kier molecular flexibility index (Phi) is 6.99. The largest absolute Gasteiger partial charge is 0.379 e. The van der Waals surface area contributed by atoms with Gasteiger partial charge in [-0.05, 0) is 48.9 Å². The number of carbonyl (C=O) groups excluding carboxylic acids is 1. The van der Waals surface area contributed by atoms with Gasteiger partial charge in [-0.1, -0.05) is 24.3 Å². The summed E-state index contributed by atoms with van der Waals surface area (Å²) in [6.45, 7) is 5.91. The Labute approximate surface area is 211 Å². The normalized spacial score (nSPS) is 17.2. The van der Waals surface area contributed by atoms with Crippen LogP contribution in [0.4, 0.5) is 5.82 Å². The van der Waals surface area contributed by atoms with Gasteiger partial charge in [0.05, 0.1) is 23.8 Å². The van der Waals surface area contributed by atoms with E-state index in [4.69, 9.17) is 4.74 Å². The van der Waals surface area contributed by atoms with Crippen molar-refractivity contribution in [3.05, 3.63) is 71.8 Å². The molecule has 0 atom stereocenters. The van der Waals surface area contributed by atoms with Crippen LogP contribution in [0.2, 0.25) is 0 Å². The van der Waals surface area contributed by atoms with E-state index in [1.807, 2.05) is 30.3 Å². The minimum absolute atomic E-state index is 0.106. The number of sulfonamides is 1. The molecule has 2 aliphatic heterocycles. The standard InChI is InChI=1S/C26H29N5O4S/c1-20-4-2-3-5-23(20)24-10-11-25(28-27-24)29-12-14-30(15-13-29)26(32)21-6-8-22(9-7-21)36(33,34)31-16-18-35-19-17-31/h2-11H,12-19H2,1H3. The molecule has 0 unspecified atom stereocenters. The van der Waals surface area contributed by atoms with Crippen LogP contribution in [-0.2, 0) is 14.8 Å². The van der Waals surface area contributed by atoms with Crippen molar-refractivity contribution >= 4 is 21.7 Å². The van der Waals surface area contributed by atoms with E-state index in [0.29, 0.717) is 58.0 Å². The van der Waals surface area contributed by atoms with Gasteiger partial charge in [0.2, 0.25) is 10.0 Å². The molecule has 1 aromatic heterocycles. The Morgan fingerprint density at radius 2 is 1.53 bits per heavy atom. The second kappa shape index (κ2) is 10.3. The van der Waals surface area contributed by atoms with Crippen LogP contribution in [0, 0.1) is 6.92 Å². The molecule has 3 aromatic rings.